The number of hydrogen-bond donors (Lipinski definition) is 2. The monoisotopic (exact) mass is 276 g/mol. The first kappa shape index (κ1) is 14.1. The summed E-state index contributed by atoms with van der Waals surface area (Å²) in [6, 6.07) is -0.0977. The van der Waals surface area contributed by atoms with E-state index in [0.29, 0.717) is 13.1 Å². The molecule has 0 saturated carbocycles. The second-order valence-corrected chi connectivity index (χ2v) is 4.94. The summed E-state index contributed by atoms with van der Waals surface area (Å²) in [4.78, 5) is 19.8. The van der Waals surface area contributed by atoms with Gasteiger partial charge in [-0.2, -0.15) is 0 Å². The van der Waals surface area contributed by atoms with Crippen LogP contribution in [0.4, 0.5) is 4.79 Å². The molecule has 0 saturated heterocycles. The molecule has 2 aromatic rings. The number of nitrogens with one attached hydrogen (secondary N) is 2. The maximum absolute atomic E-state index is 11.8. The SMILES string of the molecule is C[C@H](Cn1ccnc1)NC(=O)N[C@@H](C)Cn1ccnc1. The van der Waals surface area contributed by atoms with Crippen LogP contribution in [0.25, 0.3) is 0 Å². The second-order valence-electron chi connectivity index (χ2n) is 4.94. The highest BCUT2D eigenvalue weighted by Crippen LogP contribution is 1.94. The summed E-state index contributed by atoms with van der Waals surface area (Å²) in [5.41, 5.74) is 0. The smallest absolute Gasteiger partial charge is 0.315 e. The summed E-state index contributed by atoms with van der Waals surface area (Å²) in [7, 11) is 0. The van der Waals surface area contributed by atoms with E-state index in [1.165, 1.54) is 0 Å². The highest BCUT2D eigenvalue weighted by molar-refractivity contribution is 5.74. The largest absolute Gasteiger partial charge is 0.335 e. The number of urea groups is 1. The molecule has 20 heavy (non-hydrogen) atoms. The molecule has 0 aliphatic rings. The quantitative estimate of drug-likeness (QED) is 0.821. The van der Waals surface area contributed by atoms with E-state index in [1.54, 1.807) is 25.0 Å². The minimum Gasteiger partial charge on any atom is -0.335 e. The topological polar surface area (TPSA) is 76.8 Å². The average Bonchev–Trinajstić information content (AvgIpc) is 3.01. The molecule has 0 aromatic carbocycles. The molecule has 0 fully saturated rings. The molecule has 7 nitrogen and oxygen atoms in total. The number of hydrogen-bond acceptors (Lipinski definition) is 3. The van der Waals surface area contributed by atoms with Crippen LogP contribution in [0, 0.1) is 0 Å². The van der Waals surface area contributed by atoms with Crippen LogP contribution in [-0.2, 0) is 13.1 Å². The normalized spacial score (nSPS) is 13.7. The van der Waals surface area contributed by atoms with Gasteiger partial charge in [0.2, 0.25) is 0 Å². The van der Waals surface area contributed by atoms with Gasteiger partial charge in [0.1, 0.15) is 0 Å². The van der Waals surface area contributed by atoms with E-state index in [1.807, 2.05) is 35.4 Å². The van der Waals surface area contributed by atoms with Crippen LogP contribution in [0.2, 0.25) is 0 Å². The van der Waals surface area contributed by atoms with Crippen LogP contribution in [0.3, 0.4) is 0 Å². The number of carbonyl (C=O) groups excluding carboxylic acids is 1. The highest BCUT2D eigenvalue weighted by atomic mass is 16.2. The molecule has 2 rings (SSSR count). The Kier molecular flexibility index (Phi) is 4.75. The molecular weight excluding hydrogens is 256 g/mol. The van der Waals surface area contributed by atoms with Gasteiger partial charge in [-0.3, -0.25) is 0 Å². The van der Waals surface area contributed by atoms with E-state index < -0.39 is 0 Å². The van der Waals surface area contributed by atoms with Crippen LogP contribution in [0.5, 0.6) is 0 Å². The lowest BCUT2D eigenvalue weighted by Crippen LogP contribution is -2.46. The fourth-order valence-corrected chi connectivity index (χ4v) is 2.00. The Hall–Kier alpha value is -2.31. The fourth-order valence-electron chi connectivity index (χ4n) is 2.00. The van der Waals surface area contributed by atoms with Gasteiger partial charge < -0.3 is 19.8 Å². The van der Waals surface area contributed by atoms with Crippen molar-refractivity contribution in [2.24, 2.45) is 0 Å². The lowest BCUT2D eigenvalue weighted by atomic mass is 10.3. The summed E-state index contributed by atoms with van der Waals surface area (Å²) in [6.07, 6.45) is 10.7. The van der Waals surface area contributed by atoms with Crippen molar-refractivity contribution in [1.29, 1.82) is 0 Å². The first-order chi connectivity index (χ1) is 9.63. The molecule has 0 aliphatic carbocycles. The van der Waals surface area contributed by atoms with Crippen molar-refractivity contribution in [3.63, 3.8) is 0 Å². The van der Waals surface area contributed by atoms with Crippen molar-refractivity contribution in [3.8, 4) is 0 Å². The van der Waals surface area contributed by atoms with Crippen molar-refractivity contribution < 1.29 is 4.79 Å². The van der Waals surface area contributed by atoms with Gasteiger partial charge in [-0.1, -0.05) is 0 Å². The van der Waals surface area contributed by atoms with Gasteiger partial charge in [-0.15, -0.1) is 0 Å². The lowest BCUT2D eigenvalue weighted by molar-refractivity contribution is 0.232. The van der Waals surface area contributed by atoms with Gasteiger partial charge in [0.15, 0.2) is 0 Å². The Morgan fingerprint density at radius 3 is 1.80 bits per heavy atom. The molecule has 2 N–H and O–H groups in total. The van der Waals surface area contributed by atoms with Gasteiger partial charge in [0.25, 0.3) is 0 Å². The first-order valence-electron chi connectivity index (χ1n) is 6.62. The number of imidazole rings is 2. The van der Waals surface area contributed by atoms with E-state index in [9.17, 15) is 4.79 Å². The van der Waals surface area contributed by atoms with Crippen molar-refractivity contribution in [2.45, 2.75) is 39.0 Å². The molecule has 108 valence electrons. The van der Waals surface area contributed by atoms with Crippen LogP contribution in [0.15, 0.2) is 37.4 Å². The summed E-state index contributed by atoms with van der Waals surface area (Å²) in [5.74, 6) is 0. The van der Waals surface area contributed by atoms with Gasteiger partial charge in [0, 0.05) is 50.0 Å². The van der Waals surface area contributed by atoms with Crippen LogP contribution in [-0.4, -0.2) is 37.2 Å². The number of nitrogens with zero attached hydrogens (tertiary/aromatic N) is 4. The predicted molar refractivity (Wildman–Crippen MR) is 75.0 cm³/mol. The molecule has 2 heterocycles. The van der Waals surface area contributed by atoms with E-state index in [4.69, 9.17) is 0 Å². The molecule has 2 atom stereocenters. The highest BCUT2D eigenvalue weighted by Gasteiger charge is 2.10. The van der Waals surface area contributed by atoms with Crippen LogP contribution >= 0.6 is 0 Å². The molecule has 2 aromatic heterocycles. The van der Waals surface area contributed by atoms with E-state index in [0.717, 1.165) is 0 Å². The summed E-state index contributed by atoms with van der Waals surface area (Å²) < 4.78 is 3.86. The zero-order valence-electron chi connectivity index (χ0n) is 11.7. The lowest BCUT2D eigenvalue weighted by Gasteiger charge is -2.18. The standard InChI is InChI=1S/C13H20N6O/c1-11(7-18-5-3-14-9-18)16-13(20)17-12(2)8-19-6-4-15-10-19/h3-6,9-12H,7-8H2,1-2H3,(H2,16,17,20)/t11-,12+. The predicted octanol–water partition coefficient (Wildman–Crippen LogP) is 0.856. The van der Waals surface area contributed by atoms with Crippen LogP contribution < -0.4 is 10.6 Å². The third-order valence-electron chi connectivity index (χ3n) is 2.84. The number of carbonyl (C=O) groups is 1. The minimum atomic E-state index is -0.162. The Balaban J connectivity index is 1.71. The first-order valence-corrected chi connectivity index (χ1v) is 6.62. The molecule has 0 aliphatic heterocycles. The number of amides is 2. The van der Waals surface area contributed by atoms with Gasteiger partial charge in [-0.05, 0) is 13.8 Å². The van der Waals surface area contributed by atoms with E-state index in [2.05, 4.69) is 20.6 Å². The molecule has 2 amide bonds. The summed E-state index contributed by atoms with van der Waals surface area (Å²) >= 11 is 0. The van der Waals surface area contributed by atoms with E-state index >= 15 is 0 Å². The third kappa shape index (κ3) is 4.42. The van der Waals surface area contributed by atoms with Gasteiger partial charge in [0.05, 0.1) is 12.7 Å². The Morgan fingerprint density at radius 1 is 1.00 bits per heavy atom. The third-order valence-corrected chi connectivity index (χ3v) is 2.84. The zero-order valence-corrected chi connectivity index (χ0v) is 11.7. The maximum atomic E-state index is 11.8. The van der Waals surface area contributed by atoms with Crippen LogP contribution in [0.1, 0.15) is 13.8 Å². The maximum Gasteiger partial charge on any atom is 0.315 e. The van der Waals surface area contributed by atoms with Crippen molar-refractivity contribution in [3.05, 3.63) is 37.4 Å². The molecule has 0 bridgehead atoms. The molecule has 0 radical (unpaired) electrons. The summed E-state index contributed by atoms with van der Waals surface area (Å²) in [6.45, 7) is 5.31. The van der Waals surface area contributed by atoms with Gasteiger partial charge in [-0.25, -0.2) is 14.8 Å². The Labute approximate surface area is 118 Å². The fraction of sp³-hybridized carbons (Fsp3) is 0.462. The zero-order chi connectivity index (χ0) is 14.4. The van der Waals surface area contributed by atoms with Crippen molar-refractivity contribution >= 4 is 6.03 Å². The summed E-state index contributed by atoms with van der Waals surface area (Å²) in [5, 5.41) is 5.81. The Bertz CT molecular complexity index is 461. The van der Waals surface area contributed by atoms with Crippen molar-refractivity contribution in [2.75, 3.05) is 0 Å². The number of rotatable bonds is 6. The average molecular weight is 276 g/mol. The van der Waals surface area contributed by atoms with Gasteiger partial charge >= 0.3 is 6.03 Å². The minimum absolute atomic E-state index is 0.0321. The molecule has 0 spiro atoms. The Morgan fingerprint density at radius 2 is 1.45 bits per heavy atom. The molecular formula is C13H20N6O. The van der Waals surface area contributed by atoms with E-state index in [-0.39, 0.29) is 18.1 Å². The molecule has 7 heteroatoms. The number of aromatic nitrogens is 4. The second kappa shape index (κ2) is 6.74. The van der Waals surface area contributed by atoms with Crippen molar-refractivity contribution in [1.82, 2.24) is 29.7 Å². The molecule has 0 unspecified atom stereocenters.